The number of esters is 1. The monoisotopic (exact) mass is 517 g/mol. The summed E-state index contributed by atoms with van der Waals surface area (Å²) < 4.78 is 5.84. The zero-order valence-electron chi connectivity index (χ0n) is 18.6. The standard InChI is InChI=1S/C25H32BrN3O2S/c1-31-24(30)14-6-16-29(23-13-4-9-19-8-2-3-12-22(19)23)17-7-15-27-25(32)28-21-11-5-10-20(26)18-21/h2-3,5,8,10-12,18,23H,4,6-7,9,13-17H2,1H3,(H2,27,28,32). The first kappa shape index (κ1) is 24.7. The molecule has 0 aromatic heterocycles. The summed E-state index contributed by atoms with van der Waals surface area (Å²) in [5.74, 6) is -0.139. The Morgan fingerprint density at radius 3 is 2.81 bits per heavy atom. The molecule has 0 saturated carbocycles. The van der Waals surface area contributed by atoms with Gasteiger partial charge < -0.3 is 15.4 Å². The lowest BCUT2D eigenvalue weighted by Gasteiger charge is -2.36. The molecule has 0 saturated heterocycles. The van der Waals surface area contributed by atoms with Crippen LogP contribution in [0.5, 0.6) is 0 Å². The number of nitrogens with zero attached hydrogens (tertiary/aromatic N) is 1. The van der Waals surface area contributed by atoms with E-state index in [2.05, 4.69) is 55.7 Å². The molecule has 1 aliphatic rings. The fraction of sp³-hybridized carbons (Fsp3) is 0.440. The van der Waals surface area contributed by atoms with Crippen LogP contribution in [0.25, 0.3) is 0 Å². The van der Waals surface area contributed by atoms with E-state index in [1.165, 1.54) is 24.7 Å². The average molecular weight is 519 g/mol. The van der Waals surface area contributed by atoms with Crippen LogP contribution in [0.4, 0.5) is 5.69 Å². The van der Waals surface area contributed by atoms with E-state index in [-0.39, 0.29) is 5.97 Å². The maximum atomic E-state index is 11.6. The zero-order chi connectivity index (χ0) is 22.8. The molecule has 3 rings (SSSR count). The quantitative estimate of drug-likeness (QED) is 0.248. The van der Waals surface area contributed by atoms with Crippen LogP contribution in [0.3, 0.4) is 0 Å². The highest BCUT2D eigenvalue weighted by atomic mass is 79.9. The predicted octanol–water partition coefficient (Wildman–Crippen LogP) is 5.46. The number of hydrogen-bond acceptors (Lipinski definition) is 4. The minimum atomic E-state index is -0.139. The van der Waals surface area contributed by atoms with Gasteiger partial charge in [0.2, 0.25) is 0 Å². The van der Waals surface area contributed by atoms with Crippen LogP contribution in [-0.4, -0.2) is 42.7 Å². The molecule has 1 atom stereocenters. The fourth-order valence-electron chi connectivity index (χ4n) is 4.29. The van der Waals surface area contributed by atoms with Gasteiger partial charge in [-0.3, -0.25) is 9.69 Å². The van der Waals surface area contributed by atoms with E-state index in [0.29, 0.717) is 17.6 Å². The van der Waals surface area contributed by atoms with E-state index in [0.717, 1.165) is 55.5 Å². The van der Waals surface area contributed by atoms with Gasteiger partial charge in [-0.2, -0.15) is 0 Å². The Labute approximate surface area is 205 Å². The van der Waals surface area contributed by atoms with Crippen LogP contribution in [0.15, 0.2) is 53.0 Å². The molecule has 0 amide bonds. The summed E-state index contributed by atoms with van der Waals surface area (Å²) in [7, 11) is 1.45. The van der Waals surface area contributed by atoms with E-state index >= 15 is 0 Å². The third kappa shape index (κ3) is 7.57. The van der Waals surface area contributed by atoms with Gasteiger partial charge in [0.1, 0.15) is 0 Å². The van der Waals surface area contributed by atoms with Gasteiger partial charge in [-0.05, 0) is 80.2 Å². The summed E-state index contributed by atoms with van der Waals surface area (Å²) in [4.78, 5) is 14.1. The van der Waals surface area contributed by atoms with Gasteiger partial charge >= 0.3 is 5.97 Å². The Bertz CT molecular complexity index is 908. The normalized spacial score (nSPS) is 15.2. The number of halogens is 1. The smallest absolute Gasteiger partial charge is 0.305 e. The Morgan fingerprint density at radius 1 is 1.19 bits per heavy atom. The minimum Gasteiger partial charge on any atom is -0.469 e. The second kappa shape index (κ2) is 12.9. The molecule has 0 spiro atoms. The molecular weight excluding hydrogens is 486 g/mol. The summed E-state index contributed by atoms with van der Waals surface area (Å²) >= 11 is 8.92. The highest BCUT2D eigenvalue weighted by Gasteiger charge is 2.25. The van der Waals surface area contributed by atoms with Crippen molar-refractivity contribution >= 4 is 44.9 Å². The Morgan fingerprint density at radius 2 is 2.00 bits per heavy atom. The predicted molar refractivity (Wildman–Crippen MR) is 138 cm³/mol. The van der Waals surface area contributed by atoms with E-state index in [4.69, 9.17) is 17.0 Å². The SMILES string of the molecule is COC(=O)CCCN(CCCNC(=S)Nc1cccc(Br)c1)C1CCCc2ccccc21. The van der Waals surface area contributed by atoms with Gasteiger partial charge in [-0.15, -0.1) is 0 Å². The first-order valence-corrected chi connectivity index (χ1v) is 12.5. The molecule has 2 N–H and O–H groups in total. The number of fused-ring (bicyclic) bond motifs is 1. The number of benzene rings is 2. The van der Waals surface area contributed by atoms with Crippen LogP contribution < -0.4 is 10.6 Å². The number of rotatable bonds is 10. The molecular formula is C25H32BrN3O2S. The van der Waals surface area contributed by atoms with E-state index < -0.39 is 0 Å². The fourth-order valence-corrected chi connectivity index (χ4v) is 4.90. The van der Waals surface area contributed by atoms with Crippen molar-refractivity contribution in [3.63, 3.8) is 0 Å². The average Bonchev–Trinajstić information content (AvgIpc) is 2.80. The number of carbonyl (C=O) groups is 1. The lowest BCUT2D eigenvalue weighted by molar-refractivity contribution is -0.140. The molecule has 0 bridgehead atoms. The van der Waals surface area contributed by atoms with Gasteiger partial charge in [0, 0.05) is 35.7 Å². The third-order valence-corrected chi connectivity index (χ3v) is 6.56. The van der Waals surface area contributed by atoms with Crippen molar-refractivity contribution in [1.29, 1.82) is 0 Å². The first-order chi connectivity index (χ1) is 15.6. The first-order valence-electron chi connectivity index (χ1n) is 11.3. The summed E-state index contributed by atoms with van der Waals surface area (Å²) in [5, 5.41) is 7.17. The number of nitrogens with one attached hydrogen (secondary N) is 2. The molecule has 1 unspecified atom stereocenters. The summed E-state index contributed by atoms with van der Waals surface area (Å²) in [6, 6.07) is 17.1. The second-order valence-electron chi connectivity index (χ2n) is 8.07. The van der Waals surface area contributed by atoms with Gasteiger partial charge in [0.25, 0.3) is 0 Å². The Balaban J connectivity index is 1.53. The number of thiocarbonyl (C=S) groups is 1. The van der Waals surface area contributed by atoms with Crippen molar-refractivity contribution in [2.45, 2.75) is 44.6 Å². The summed E-state index contributed by atoms with van der Waals surface area (Å²) in [5.41, 5.74) is 3.86. The van der Waals surface area contributed by atoms with Gasteiger partial charge in [0.15, 0.2) is 5.11 Å². The molecule has 172 valence electrons. The third-order valence-electron chi connectivity index (χ3n) is 5.82. The van der Waals surface area contributed by atoms with Crippen LogP contribution >= 0.6 is 28.1 Å². The van der Waals surface area contributed by atoms with Gasteiger partial charge in [-0.25, -0.2) is 0 Å². The molecule has 1 aliphatic carbocycles. The Kier molecular flexibility index (Phi) is 9.96. The zero-order valence-corrected chi connectivity index (χ0v) is 21.0. The van der Waals surface area contributed by atoms with Crippen molar-refractivity contribution < 1.29 is 9.53 Å². The number of methoxy groups -OCH3 is 1. The summed E-state index contributed by atoms with van der Waals surface area (Å²) in [6.07, 6.45) is 5.75. The van der Waals surface area contributed by atoms with Crippen molar-refractivity contribution in [2.24, 2.45) is 0 Å². The lowest BCUT2D eigenvalue weighted by atomic mass is 9.86. The summed E-state index contributed by atoms with van der Waals surface area (Å²) in [6.45, 7) is 2.63. The molecule has 2 aromatic rings. The molecule has 0 heterocycles. The van der Waals surface area contributed by atoms with Crippen LogP contribution in [0, 0.1) is 0 Å². The number of carbonyl (C=O) groups excluding carboxylic acids is 1. The molecule has 2 aromatic carbocycles. The van der Waals surface area contributed by atoms with Crippen molar-refractivity contribution in [1.82, 2.24) is 10.2 Å². The lowest BCUT2D eigenvalue weighted by Crippen LogP contribution is -2.36. The largest absolute Gasteiger partial charge is 0.469 e. The van der Waals surface area contributed by atoms with Crippen molar-refractivity contribution in [3.8, 4) is 0 Å². The van der Waals surface area contributed by atoms with Crippen LogP contribution in [0.2, 0.25) is 0 Å². The van der Waals surface area contributed by atoms with Crippen LogP contribution in [-0.2, 0) is 16.0 Å². The minimum absolute atomic E-state index is 0.139. The topological polar surface area (TPSA) is 53.6 Å². The van der Waals surface area contributed by atoms with Gasteiger partial charge in [-0.1, -0.05) is 46.3 Å². The molecule has 0 radical (unpaired) electrons. The number of aryl methyl sites for hydroxylation is 1. The number of ether oxygens (including phenoxy) is 1. The second-order valence-corrected chi connectivity index (χ2v) is 9.39. The highest BCUT2D eigenvalue weighted by Crippen LogP contribution is 2.34. The molecule has 5 nitrogen and oxygen atoms in total. The number of hydrogen-bond donors (Lipinski definition) is 2. The molecule has 0 aliphatic heterocycles. The van der Waals surface area contributed by atoms with Crippen molar-refractivity contribution in [2.75, 3.05) is 32.1 Å². The van der Waals surface area contributed by atoms with Gasteiger partial charge in [0.05, 0.1) is 7.11 Å². The molecule has 0 fully saturated rings. The molecule has 32 heavy (non-hydrogen) atoms. The molecule has 7 heteroatoms. The number of anilines is 1. The van der Waals surface area contributed by atoms with Crippen molar-refractivity contribution in [3.05, 3.63) is 64.1 Å². The Hall–Kier alpha value is -1.96. The van der Waals surface area contributed by atoms with E-state index in [9.17, 15) is 4.79 Å². The van der Waals surface area contributed by atoms with E-state index in [1.807, 2.05) is 24.3 Å². The maximum Gasteiger partial charge on any atom is 0.305 e. The van der Waals surface area contributed by atoms with E-state index in [1.54, 1.807) is 0 Å². The van der Waals surface area contributed by atoms with Crippen LogP contribution in [0.1, 0.15) is 49.3 Å². The highest BCUT2D eigenvalue weighted by molar-refractivity contribution is 9.10. The maximum absolute atomic E-state index is 11.6.